The van der Waals surface area contributed by atoms with Crippen molar-refractivity contribution >= 4 is 5.78 Å². The molecular formula is C19H24N2O. The second-order valence-electron chi connectivity index (χ2n) is 5.36. The zero-order valence-corrected chi connectivity index (χ0v) is 12.9. The van der Waals surface area contributed by atoms with Crippen molar-refractivity contribution in [3.8, 4) is 0 Å². The molecule has 0 spiro atoms. The van der Waals surface area contributed by atoms with E-state index in [-0.39, 0.29) is 0 Å². The molecule has 0 bridgehead atoms. The van der Waals surface area contributed by atoms with Crippen molar-refractivity contribution in [1.82, 2.24) is 10.6 Å². The Labute approximate surface area is 132 Å². The van der Waals surface area contributed by atoms with E-state index in [1.165, 1.54) is 11.1 Å². The lowest BCUT2D eigenvalue weighted by molar-refractivity contribution is -0.118. The Morgan fingerprint density at radius 2 is 1.09 bits per heavy atom. The number of carbonyl (C=O) groups is 1. The van der Waals surface area contributed by atoms with E-state index >= 15 is 0 Å². The van der Waals surface area contributed by atoms with Crippen LogP contribution in [0.3, 0.4) is 0 Å². The van der Waals surface area contributed by atoms with Crippen molar-refractivity contribution in [2.75, 3.05) is 13.1 Å². The standard InChI is InChI=1S/C19H24N2O/c22-19(11-13-20-15-17-7-3-1-4-8-17)12-14-21-16-18-9-5-2-6-10-18/h1-10,20-21H,11-16H2. The van der Waals surface area contributed by atoms with Gasteiger partial charge in [-0.15, -0.1) is 0 Å². The first-order valence-corrected chi connectivity index (χ1v) is 7.85. The Morgan fingerprint density at radius 3 is 1.50 bits per heavy atom. The molecule has 0 atom stereocenters. The highest BCUT2D eigenvalue weighted by Gasteiger charge is 2.01. The fraction of sp³-hybridized carbons (Fsp3) is 0.316. The molecule has 0 aliphatic heterocycles. The van der Waals surface area contributed by atoms with Crippen LogP contribution in [0.2, 0.25) is 0 Å². The third-order valence-corrected chi connectivity index (χ3v) is 3.51. The Hall–Kier alpha value is -1.97. The lowest BCUT2D eigenvalue weighted by Crippen LogP contribution is -2.21. The minimum Gasteiger partial charge on any atom is -0.312 e. The third kappa shape index (κ3) is 6.66. The van der Waals surface area contributed by atoms with E-state index in [0.717, 1.165) is 26.2 Å². The number of nitrogens with one attached hydrogen (secondary N) is 2. The van der Waals surface area contributed by atoms with E-state index in [1.54, 1.807) is 0 Å². The molecule has 0 amide bonds. The Morgan fingerprint density at radius 1 is 0.682 bits per heavy atom. The summed E-state index contributed by atoms with van der Waals surface area (Å²) in [5, 5.41) is 6.62. The van der Waals surface area contributed by atoms with Crippen LogP contribution < -0.4 is 10.6 Å². The average Bonchev–Trinajstić information content (AvgIpc) is 2.57. The second kappa shape index (κ2) is 9.87. The molecule has 116 valence electrons. The summed E-state index contributed by atoms with van der Waals surface area (Å²) in [6, 6.07) is 20.5. The third-order valence-electron chi connectivity index (χ3n) is 3.51. The van der Waals surface area contributed by atoms with Gasteiger partial charge in [0.15, 0.2) is 0 Å². The Bertz CT molecular complexity index is 490. The number of carbonyl (C=O) groups excluding carboxylic acids is 1. The first-order valence-electron chi connectivity index (χ1n) is 7.85. The normalized spacial score (nSPS) is 10.5. The summed E-state index contributed by atoms with van der Waals surface area (Å²) in [7, 11) is 0. The van der Waals surface area contributed by atoms with Crippen LogP contribution in [0.1, 0.15) is 24.0 Å². The van der Waals surface area contributed by atoms with Crippen molar-refractivity contribution in [1.29, 1.82) is 0 Å². The molecule has 0 heterocycles. The monoisotopic (exact) mass is 296 g/mol. The van der Waals surface area contributed by atoms with Crippen LogP contribution in [-0.2, 0) is 17.9 Å². The molecule has 2 rings (SSSR count). The summed E-state index contributed by atoms with van der Waals surface area (Å²) in [4.78, 5) is 11.8. The van der Waals surface area contributed by atoms with Gasteiger partial charge in [0.05, 0.1) is 0 Å². The predicted molar refractivity (Wildman–Crippen MR) is 90.5 cm³/mol. The van der Waals surface area contributed by atoms with Crippen LogP contribution in [0, 0.1) is 0 Å². The van der Waals surface area contributed by atoms with Gasteiger partial charge in [-0.1, -0.05) is 60.7 Å². The highest BCUT2D eigenvalue weighted by atomic mass is 16.1. The lowest BCUT2D eigenvalue weighted by Gasteiger charge is -2.06. The molecule has 22 heavy (non-hydrogen) atoms. The zero-order chi connectivity index (χ0) is 15.5. The Kier molecular flexibility index (Phi) is 7.36. The predicted octanol–water partition coefficient (Wildman–Crippen LogP) is 2.92. The lowest BCUT2D eigenvalue weighted by atomic mass is 10.2. The summed E-state index contributed by atoms with van der Waals surface area (Å²) in [5.74, 6) is 0.307. The van der Waals surface area contributed by atoms with E-state index in [2.05, 4.69) is 34.9 Å². The Balaban J connectivity index is 1.49. The van der Waals surface area contributed by atoms with Gasteiger partial charge in [0, 0.05) is 39.0 Å². The van der Waals surface area contributed by atoms with Gasteiger partial charge in [-0.25, -0.2) is 0 Å². The number of hydrogen-bond donors (Lipinski definition) is 2. The summed E-state index contributed by atoms with van der Waals surface area (Å²) < 4.78 is 0. The fourth-order valence-electron chi connectivity index (χ4n) is 2.24. The molecule has 0 aromatic heterocycles. The van der Waals surface area contributed by atoms with Gasteiger partial charge in [0.2, 0.25) is 0 Å². The molecule has 3 nitrogen and oxygen atoms in total. The maximum Gasteiger partial charge on any atom is 0.135 e. The van der Waals surface area contributed by atoms with Gasteiger partial charge in [-0.3, -0.25) is 4.79 Å². The van der Waals surface area contributed by atoms with Crippen LogP contribution in [0.4, 0.5) is 0 Å². The van der Waals surface area contributed by atoms with Crippen LogP contribution in [-0.4, -0.2) is 18.9 Å². The van der Waals surface area contributed by atoms with E-state index in [1.807, 2.05) is 36.4 Å². The molecular weight excluding hydrogens is 272 g/mol. The summed E-state index contributed by atoms with van der Waals surface area (Å²) in [6.45, 7) is 3.12. The summed E-state index contributed by atoms with van der Waals surface area (Å²) in [5.41, 5.74) is 2.50. The first kappa shape index (κ1) is 16.4. The highest BCUT2D eigenvalue weighted by molar-refractivity contribution is 5.78. The smallest absolute Gasteiger partial charge is 0.135 e. The zero-order valence-electron chi connectivity index (χ0n) is 12.9. The van der Waals surface area contributed by atoms with E-state index in [0.29, 0.717) is 18.6 Å². The average molecular weight is 296 g/mol. The molecule has 0 saturated heterocycles. The van der Waals surface area contributed by atoms with Crippen LogP contribution in [0.25, 0.3) is 0 Å². The van der Waals surface area contributed by atoms with Crippen molar-refractivity contribution in [3.05, 3.63) is 71.8 Å². The topological polar surface area (TPSA) is 41.1 Å². The molecule has 0 aliphatic rings. The molecule has 0 fully saturated rings. The molecule has 0 aliphatic carbocycles. The van der Waals surface area contributed by atoms with E-state index in [9.17, 15) is 4.79 Å². The molecule has 3 heteroatoms. The van der Waals surface area contributed by atoms with Gasteiger partial charge in [-0.05, 0) is 11.1 Å². The van der Waals surface area contributed by atoms with Crippen molar-refractivity contribution in [2.45, 2.75) is 25.9 Å². The van der Waals surface area contributed by atoms with Gasteiger partial charge in [0.1, 0.15) is 5.78 Å². The number of hydrogen-bond acceptors (Lipinski definition) is 3. The number of Topliss-reactive ketones (excluding diaryl/α,β-unsaturated/α-hetero) is 1. The maximum absolute atomic E-state index is 11.8. The fourth-order valence-corrected chi connectivity index (χ4v) is 2.24. The van der Waals surface area contributed by atoms with Gasteiger partial charge in [0.25, 0.3) is 0 Å². The van der Waals surface area contributed by atoms with Crippen LogP contribution in [0.15, 0.2) is 60.7 Å². The van der Waals surface area contributed by atoms with Crippen molar-refractivity contribution in [3.63, 3.8) is 0 Å². The largest absolute Gasteiger partial charge is 0.312 e. The minimum atomic E-state index is 0.307. The minimum absolute atomic E-state index is 0.307. The van der Waals surface area contributed by atoms with E-state index < -0.39 is 0 Å². The number of ketones is 1. The summed E-state index contributed by atoms with van der Waals surface area (Å²) >= 11 is 0. The van der Waals surface area contributed by atoms with E-state index in [4.69, 9.17) is 0 Å². The molecule has 2 aromatic carbocycles. The van der Waals surface area contributed by atoms with Crippen LogP contribution in [0.5, 0.6) is 0 Å². The quantitative estimate of drug-likeness (QED) is 0.662. The van der Waals surface area contributed by atoms with Gasteiger partial charge < -0.3 is 10.6 Å². The highest BCUT2D eigenvalue weighted by Crippen LogP contribution is 1.98. The molecule has 2 aromatic rings. The number of rotatable bonds is 10. The first-order chi connectivity index (χ1) is 10.8. The molecule has 2 N–H and O–H groups in total. The molecule has 0 radical (unpaired) electrons. The molecule has 0 saturated carbocycles. The van der Waals surface area contributed by atoms with Crippen molar-refractivity contribution < 1.29 is 4.79 Å². The molecule has 0 unspecified atom stereocenters. The number of benzene rings is 2. The summed E-state index contributed by atoms with van der Waals surface area (Å²) in [6.07, 6.45) is 1.19. The van der Waals surface area contributed by atoms with Gasteiger partial charge >= 0.3 is 0 Å². The van der Waals surface area contributed by atoms with Crippen LogP contribution >= 0.6 is 0 Å². The second-order valence-corrected chi connectivity index (χ2v) is 5.36. The SMILES string of the molecule is O=C(CCNCc1ccccc1)CCNCc1ccccc1. The van der Waals surface area contributed by atoms with Gasteiger partial charge in [-0.2, -0.15) is 0 Å². The maximum atomic E-state index is 11.8. The van der Waals surface area contributed by atoms with Crippen molar-refractivity contribution in [2.24, 2.45) is 0 Å².